The van der Waals surface area contributed by atoms with Gasteiger partial charge in [-0.3, -0.25) is 0 Å². The maximum absolute atomic E-state index is 4.40. The number of hydrogen-bond acceptors (Lipinski definition) is 3. The molecule has 0 bridgehead atoms. The van der Waals surface area contributed by atoms with Crippen LogP contribution in [0.4, 0.5) is 0 Å². The van der Waals surface area contributed by atoms with Gasteiger partial charge < -0.3 is 0 Å². The third-order valence-electron chi connectivity index (χ3n) is 1.000. The summed E-state index contributed by atoms with van der Waals surface area (Å²) in [5, 5.41) is 3.12. The molecule has 0 radical (unpaired) electrons. The minimum absolute atomic E-state index is 0.0892. The lowest BCUT2D eigenvalue weighted by Crippen LogP contribution is -2.06. The van der Waals surface area contributed by atoms with Crippen LogP contribution in [0, 0.1) is 3.70 Å². The average molecular weight is 285 g/mol. The standard InChI is InChI=1S/C6H8INS2/c1-6(2,9)5-8-4(7)3-10-5/h3,9H,1-2H3. The first kappa shape index (κ1) is 8.80. The van der Waals surface area contributed by atoms with Crippen LogP contribution in [0.25, 0.3) is 0 Å². The number of nitrogens with zero attached hydrogens (tertiary/aromatic N) is 1. The van der Waals surface area contributed by atoms with Crippen LogP contribution < -0.4 is 0 Å². The second kappa shape index (κ2) is 2.98. The van der Waals surface area contributed by atoms with Crippen molar-refractivity contribution in [2.24, 2.45) is 0 Å². The van der Waals surface area contributed by atoms with Gasteiger partial charge in [-0.05, 0) is 36.4 Å². The fraction of sp³-hybridized carbons (Fsp3) is 0.500. The summed E-state index contributed by atoms with van der Waals surface area (Å²) in [6, 6.07) is 0. The molecule has 0 aromatic carbocycles. The Morgan fingerprint density at radius 2 is 2.30 bits per heavy atom. The van der Waals surface area contributed by atoms with Crippen molar-refractivity contribution >= 4 is 46.6 Å². The molecule has 0 fully saturated rings. The van der Waals surface area contributed by atoms with E-state index in [-0.39, 0.29) is 4.75 Å². The molecule has 0 atom stereocenters. The fourth-order valence-corrected chi connectivity index (χ4v) is 2.23. The highest BCUT2D eigenvalue weighted by molar-refractivity contribution is 14.1. The van der Waals surface area contributed by atoms with Crippen molar-refractivity contribution in [2.75, 3.05) is 0 Å². The SMILES string of the molecule is CC(C)(S)c1nc(I)cs1. The molecule has 4 heteroatoms. The largest absolute Gasteiger partial charge is 0.234 e. The van der Waals surface area contributed by atoms with Crippen LogP contribution in [0.5, 0.6) is 0 Å². The van der Waals surface area contributed by atoms with Crippen LogP contribution >= 0.6 is 46.6 Å². The Labute approximate surface area is 83.8 Å². The van der Waals surface area contributed by atoms with E-state index in [1.54, 1.807) is 11.3 Å². The van der Waals surface area contributed by atoms with Crippen molar-refractivity contribution < 1.29 is 0 Å². The summed E-state index contributed by atoms with van der Waals surface area (Å²) in [4.78, 5) is 4.31. The number of halogens is 1. The van der Waals surface area contributed by atoms with E-state index in [9.17, 15) is 0 Å². The molecule has 0 aliphatic carbocycles. The van der Waals surface area contributed by atoms with Gasteiger partial charge in [0.25, 0.3) is 0 Å². The molecule has 0 aliphatic rings. The van der Waals surface area contributed by atoms with E-state index in [4.69, 9.17) is 0 Å². The normalized spacial score (nSPS) is 12.0. The Hall–Kier alpha value is 0.710. The van der Waals surface area contributed by atoms with Crippen molar-refractivity contribution in [3.63, 3.8) is 0 Å². The first-order valence-corrected chi connectivity index (χ1v) is 5.24. The third-order valence-corrected chi connectivity index (χ3v) is 3.50. The van der Waals surface area contributed by atoms with Crippen molar-refractivity contribution in [1.82, 2.24) is 4.98 Å². The zero-order valence-corrected chi connectivity index (χ0v) is 9.63. The lowest BCUT2D eigenvalue weighted by molar-refractivity contribution is 0.778. The van der Waals surface area contributed by atoms with E-state index in [2.05, 4.69) is 40.2 Å². The zero-order valence-electron chi connectivity index (χ0n) is 5.76. The molecule has 0 saturated carbocycles. The Kier molecular flexibility index (Phi) is 2.63. The molecule has 0 N–H and O–H groups in total. The van der Waals surface area contributed by atoms with E-state index >= 15 is 0 Å². The molecule has 0 spiro atoms. The summed E-state index contributed by atoms with van der Waals surface area (Å²) in [5.74, 6) is 0. The Bertz CT molecular complexity index is 226. The van der Waals surface area contributed by atoms with Gasteiger partial charge in [0.15, 0.2) is 0 Å². The predicted octanol–water partition coefficient (Wildman–Crippen LogP) is 2.91. The molecule has 1 heterocycles. The quantitative estimate of drug-likeness (QED) is 0.618. The van der Waals surface area contributed by atoms with Crippen LogP contribution in [0.15, 0.2) is 5.38 Å². The van der Waals surface area contributed by atoms with E-state index in [0.717, 1.165) is 8.71 Å². The molecule has 1 aromatic rings. The fourth-order valence-electron chi connectivity index (χ4n) is 0.535. The number of thiazole rings is 1. The number of thiol groups is 1. The topological polar surface area (TPSA) is 12.9 Å². The summed E-state index contributed by atoms with van der Waals surface area (Å²) in [7, 11) is 0. The number of rotatable bonds is 1. The lowest BCUT2D eigenvalue weighted by Gasteiger charge is -2.11. The Morgan fingerprint density at radius 1 is 1.70 bits per heavy atom. The van der Waals surface area contributed by atoms with Gasteiger partial charge >= 0.3 is 0 Å². The van der Waals surface area contributed by atoms with Gasteiger partial charge in [-0.2, -0.15) is 12.6 Å². The van der Waals surface area contributed by atoms with Gasteiger partial charge in [0.05, 0.1) is 4.75 Å². The molecule has 56 valence electrons. The second-order valence-electron chi connectivity index (χ2n) is 2.53. The van der Waals surface area contributed by atoms with Crippen LogP contribution in [0.2, 0.25) is 0 Å². The van der Waals surface area contributed by atoms with Gasteiger partial charge in [0.1, 0.15) is 8.71 Å². The number of aromatic nitrogens is 1. The predicted molar refractivity (Wildman–Crippen MR) is 56.8 cm³/mol. The van der Waals surface area contributed by atoms with Crippen LogP contribution in [-0.2, 0) is 4.75 Å². The summed E-state index contributed by atoms with van der Waals surface area (Å²) in [6.07, 6.45) is 0. The van der Waals surface area contributed by atoms with Crippen molar-refractivity contribution in [3.8, 4) is 0 Å². The van der Waals surface area contributed by atoms with Crippen molar-refractivity contribution in [3.05, 3.63) is 14.1 Å². The summed E-state index contributed by atoms with van der Waals surface area (Å²) < 4.78 is 0.966. The van der Waals surface area contributed by atoms with Gasteiger partial charge in [0.2, 0.25) is 0 Å². The molecule has 0 saturated heterocycles. The molecule has 0 amide bonds. The maximum Gasteiger partial charge on any atom is 0.112 e. The number of hydrogen-bond donors (Lipinski definition) is 1. The smallest absolute Gasteiger partial charge is 0.112 e. The molecular formula is C6H8INS2. The zero-order chi connectivity index (χ0) is 7.78. The highest BCUT2D eigenvalue weighted by Gasteiger charge is 2.18. The Balaban J connectivity index is 2.96. The average Bonchev–Trinajstić information content (AvgIpc) is 2.11. The highest BCUT2D eigenvalue weighted by Crippen LogP contribution is 2.29. The third kappa shape index (κ3) is 2.10. The molecular weight excluding hydrogens is 277 g/mol. The molecule has 1 rings (SSSR count). The highest BCUT2D eigenvalue weighted by atomic mass is 127. The molecule has 1 nitrogen and oxygen atoms in total. The van der Waals surface area contributed by atoms with E-state index in [0.29, 0.717) is 0 Å². The monoisotopic (exact) mass is 285 g/mol. The first-order chi connectivity index (χ1) is 4.50. The summed E-state index contributed by atoms with van der Waals surface area (Å²) in [6.45, 7) is 4.09. The first-order valence-electron chi connectivity index (χ1n) is 2.84. The molecule has 0 unspecified atom stereocenters. The molecule has 10 heavy (non-hydrogen) atoms. The van der Waals surface area contributed by atoms with E-state index < -0.39 is 0 Å². The summed E-state index contributed by atoms with van der Waals surface area (Å²) in [5.41, 5.74) is 0. The van der Waals surface area contributed by atoms with Gasteiger partial charge in [0, 0.05) is 5.38 Å². The maximum atomic E-state index is 4.40. The van der Waals surface area contributed by atoms with E-state index in [1.807, 2.05) is 19.2 Å². The molecule has 0 aliphatic heterocycles. The van der Waals surface area contributed by atoms with Crippen LogP contribution in [0.1, 0.15) is 18.9 Å². The van der Waals surface area contributed by atoms with Gasteiger partial charge in [-0.1, -0.05) is 0 Å². The lowest BCUT2D eigenvalue weighted by atomic mass is 10.2. The second-order valence-corrected chi connectivity index (χ2v) is 5.62. The van der Waals surface area contributed by atoms with Crippen molar-refractivity contribution in [2.45, 2.75) is 18.6 Å². The van der Waals surface area contributed by atoms with Crippen LogP contribution in [-0.4, -0.2) is 4.98 Å². The van der Waals surface area contributed by atoms with Gasteiger partial charge in [-0.15, -0.1) is 11.3 Å². The minimum Gasteiger partial charge on any atom is -0.234 e. The summed E-state index contributed by atoms with van der Waals surface area (Å²) >= 11 is 8.27. The Morgan fingerprint density at radius 3 is 2.50 bits per heavy atom. The minimum atomic E-state index is -0.0892. The van der Waals surface area contributed by atoms with Crippen molar-refractivity contribution in [1.29, 1.82) is 0 Å². The van der Waals surface area contributed by atoms with Gasteiger partial charge in [-0.25, -0.2) is 4.98 Å². The van der Waals surface area contributed by atoms with E-state index in [1.165, 1.54) is 0 Å². The molecule has 1 aromatic heterocycles. The van der Waals surface area contributed by atoms with Crippen LogP contribution in [0.3, 0.4) is 0 Å².